The first-order valence-corrected chi connectivity index (χ1v) is 10.1. The van der Waals surface area contributed by atoms with Gasteiger partial charge in [0.15, 0.2) is 6.61 Å². The largest absolute Gasteiger partial charge is 0.483 e. The molecule has 0 aliphatic carbocycles. The van der Waals surface area contributed by atoms with Gasteiger partial charge in [-0.25, -0.2) is 8.42 Å². The molecule has 0 aliphatic rings. The first-order chi connectivity index (χ1) is 12.6. The third kappa shape index (κ3) is 5.08. The zero-order valence-corrected chi connectivity index (χ0v) is 17.1. The molecule has 0 atom stereocenters. The van der Waals surface area contributed by atoms with Crippen molar-refractivity contribution in [3.05, 3.63) is 53.6 Å². The average molecular weight is 391 g/mol. The molecule has 6 nitrogen and oxygen atoms in total. The zero-order chi connectivity index (χ0) is 20.2. The van der Waals surface area contributed by atoms with Gasteiger partial charge in [0, 0.05) is 18.8 Å². The number of carbonyl (C=O) groups excluding carboxylic acids is 1. The van der Waals surface area contributed by atoms with Gasteiger partial charge in [0.2, 0.25) is 10.0 Å². The van der Waals surface area contributed by atoms with Crippen LogP contribution >= 0.6 is 0 Å². The second-order valence-electron chi connectivity index (χ2n) is 6.70. The van der Waals surface area contributed by atoms with E-state index in [1.807, 2.05) is 45.9 Å². The molecule has 0 radical (unpaired) electrons. The number of rotatable bonds is 7. The summed E-state index contributed by atoms with van der Waals surface area (Å²) in [6.07, 6.45) is 0. The van der Waals surface area contributed by atoms with Gasteiger partial charge >= 0.3 is 0 Å². The van der Waals surface area contributed by atoms with Crippen LogP contribution in [0.25, 0.3) is 0 Å². The normalized spacial score (nSPS) is 11.7. The summed E-state index contributed by atoms with van der Waals surface area (Å²) in [5, 5.41) is 2.71. The standard InChI is InChI=1S/C20H26N2O4S/c1-14(2)22(5)27(24,25)18-11-9-17(10-12-18)21-19(23)13-26-20-15(3)7-6-8-16(20)4/h6-12,14H,13H2,1-5H3,(H,21,23). The van der Waals surface area contributed by atoms with E-state index in [0.29, 0.717) is 11.4 Å². The van der Waals surface area contributed by atoms with Crippen molar-refractivity contribution in [3.8, 4) is 5.75 Å². The Bertz CT molecular complexity index is 886. The molecule has 0 aliphatic heterocycles. The van der Waals surface area contributed by atoms with E-state index < -0.39 is 10.0 Å². The fourth-order valence-electron chi connectivity index (χ4n) is 2.52. The molecule has 0 spiro atoms. The van der Waals surface area contributed by atoms with Gasteiger partial charge in [-0.15, -0.1) is 0 Å². The number of nitrogens with zero attached hydrogens (tertiary/aromatic N) is 1. The third-order valence-corrected chi connectivity index (χ3v) is 6.35. The van der Waals surface area contributed by atoms with Gasteiger partial charge in [-0.05, 0) is 63.1 Å². The molecular formula is C20H26N2O4S. The van der Waals surface area contributed by atoms with Crippen molar-refractivity contribution in [1.82, 2.24) is 4.31 Å². The highest BCUT2D eigenvalue weighted by Gasteiger charge is 2.22. The second kappa shape index (κ2) is 8.54. The van der Waals surface area contributed by atoms with Crippen molar-refractivity contribution in [3.63, 3.8) is 0 Å². The van der Waals surface area contributed by atoms with E-state index in [1.165, 1.54) is 16.4 Å². The molecule has 27 heavy (non-hydrogen) atoms. The van der Waals surface area contributed by atoms with Crippen LogP contribution in [0.4, 0.5) is 5.69 Å². The molecule has 0 aromatic heterocycles. The van der Waals surface area contributed by atoms with Gasteiger partial charge in [-0.2, -0.15) is 4.31 Å². The molecule has 146 valence electrons. The maximum atomic E-state index is 12.4. The van der Waals surface area contributed by atoms with Crippen molar-refractivity contribution < 1.29 is 17.9 Å². The number of amides is 1. The van der Waals surface area contributed by atoms with Crippen molar-refractivity contribution in [2.24, 2.45) is 0 Å². The van der Waals surface area contributed by atoms with Crippen molar-refractivity contribution >= 4 is 21.6 Å². The Morgan fingerprint density at radius 2 is 1.63 bits per heavy atom. The van der Waals surface area contributed by atoms with Crippen LogP contribution in [0.2, 0.25) is 0 Å². The quantitative estimate of drug-likeness (QED) is 0.787. The molecule has 2 rings (SSSR count). The number of hydrogen-bond donors (Lipinski definition) is 1. The van der Waals surface area contributed by atoms with Crippen LogP contribution in [0.3, 0.4) is 0 Å². The molecule has 2 aromatic rings. The molecular weight excluding hydrogens is 364 g/mol. The number of benzene rings is 2. The minimum Gasteiger partial charge on any atom is -0.483 e. The number of hydrogen-bond acceptors (Lipinski definition) is 4. The Kier molecular flexibility index (Phi) is 6.62. The van der Waals surface area contributed by atoms with Crippen molar-refractivity contribution in [2.75, 3.05) is 19.0 Å². The summed E-state index contributed by atoms with van der Waals surface area (Å²) in [6, 6.07) is 11.7. The summed E-state index contributed by atoms with van der Waals surface area (Å²) in [5.74, 6) is 0.387. The first-order valence-electron chi connectivity index (χ1n) is 8.70. The summed E-state index contributed by atoms with van der Waals surface area (Å²) in [7, 11) is -2.00. The number of nitrogens with one attached hydrogen (secondary N) is 1. The molecule has 0 fully saturated rings. The number of aryl methyl sites for hydroxylation is 2. The van der Waals surface area contributed by atoms with E-state index in [9.17, 15) is 13.2 Å². The third-order valence-electron chi connectivity index (χ3n) is 4.30. The summed E-state index contributed by atoms with van der Waals surface area (Å²) in [4.78, 5) is 12.3. The van der Waals surface area contributed by atoms with Crippen LogP contribution in [0.15, 0.2) is 47.4 Å². The van der Waals surface area contributed by atoms with E-state index >= 15 is 0 Å². The minimum atomic E-state index is -3.54. The van der Waals surface area contributed by atoms with E-state index in [1.54, 1.807) is 19.2 Å². The molecule has 1 N–H and O–H groups in total. The summed E-state index contributed by atoms with van der Waals surface area (Å²) < 4.78 is 31.8. The lowest BCUT2D eigenvalue weighted by Crippen LogP contribution is -2.33. The van der Waals surface area contributed by atoms with Crippen LogP contribution < -0.4 is 10.1 Å². The Morgan fingerprint density at radius 1 is 1.07 bits per heavy atom. The minimum absolute atomic E-state index is 0.123. The molecule has 0 saturated carbocycles. The van der Waals surface area contributed by atoms with Gasteiger partial charge in [-0.3, -0.25) is 4.79 Å². The van der Waals surface area contributed by atoms with E-state index in [0.717, 1.165) is 11.1 Å². The second-order valence-corrected chi connectivity index (χ2v) is 8.69. The highest BCUT2D eigenvalue weighted by atomic mass is 32.2. The van der Waals surface area contributed by atoms with Crippen LogP contribution in [0, 0.1) is 13.8 Å². The Hall–Kier alpha value is -2.38. The molecule has 2 aromatic carbocycles. The maximum Gasteiger partial charge on any atom is 0.262 e. The van der Waals surface area contributed by atoms with E-state index in [-0.39, 0.29) is 23.5 Å². The summed E-state index contributed by atoms with van der Waals surface area (Å²) in [6.45, 7) is 7.34. The van der Waals surface area contributed by atoms with Crippen molar-refractivity contribution in [1.29, 1.82) is 0 Å². The fraction of sp³-hybridized carbons (Fsp3) is 0.350. The Balaban J connectivity index is 2.01. The molecule has 0 heterocycles. The van der Waals surface area contributed by atoms with E-state index in [2.05, 4.69) is 5.32 Å². The van der Waals surface area contributed by atoms with Crippen molar-refractivity contribution in [2.45, 2.75) is 38.6 Å². The van der Waals surface area contributed by atoms with Gasteiger partial charge in [0.1, 0.15) is 5.75 Å². The van der Waals surface area contributed by atoms with Crippen LogP contribution in [-0.4, -0.2) is 38.3 Å². The number of sulfonamides is 1. The number of ether oxygens (including phenoxy) is 1. The number of para-hydroxylation sites is 1. The van der Waals surface area contributed by atoms with Gasteiger partial charge in [0.05, 0.1) is 4.90 Å². The lowest BCUT2D eigenvalue weighted by molar-refractivity contribution is -0.118. The SMILES string of the molecule is Cc1cccc(C)c1OCC(=O)Nc1ccc(S(=O)(=O)N(C)C(C)C)cc1. The Morgan fingerprint density at radius 3 is 2.15 bits per heavy atom. The summed E-state index contributed by atoms with van der Waals surface area (Å²) in [5.41, 5.74) is 2.44. The van der Waals surface area contributed by atoms with Gasteiger partial charge < -0.3 is 10.1 Å². The van der Waals surface area contributed by atoms with Gasteiger partial charge in [0.25, 0.3) is 5.91 Å². The first kappa shape index (κ1) is 20.9. The topological polar surface area (TPSA) is 75.7 Å². The summed E-state index contributed by atoms with van der Waals surface area (Å²) >= 11 is 0. The lowest BCUT2D eigenvalue weighted by atomic mass is 10.1. The van der Waals surface area contributed by atoms with Crippen LogP contribution in [-0.2, 0) is 14.8 Å². The average Bonchev–Trinajstić information content (AvgIpc) is 2.61. The predicted octanol–water partition coefficient (Wildman–Crippen LogP) is 3.35. The molecule has 1 amide bonds. The molecule has 0 bridgehead atoms. The number of anilines is 1. The molecule has 7 heteroatoms. The smallest absolute Gasteiger partial charge is 0.262 e. The van der Waals surface area contributed by atoms with Gasteiger partial charge in [-0.1, -0.05) is 18.2 Å². The maximum absolute atomic E-state index is 12.4. The van der Waals surface area contributed by atoms with E-state index in [4.69, 9.17) is 4.74 Å². The zero-order valence-electron chi connectivity index (χ0n) is 16.3. The fourth-order valence-corrected chi connectivity index (χ4v) is 3.88. The van der Waals surface area contributed by atoms with Crippen LogP contribution in [0.5, 0.6) is 5.75 Å². The lowest BCUT2D eigenvalue weighted by Gasteiger charge is -2.21. The Labute approximate surface area is 161 Å². The molecule has 0 saturated heterocycles. The molecule has 0 unspecified atom stereocenters. The highest BCUT2D eigenvalue weighted by Crippen LogP contribution is 2.22. The predicted molar refractivity (Wildman–Crippen MR) is 107 cm³/mol. The highest BCUT2D eigenvalue weighted by molar-refractivity contribution is 7.89. The van der Waals surface area contributed by atoms with Crippen LogP contribution in [0.1, 0.15) is 25.0 Å². The monoisotopic (exact) mass is 390 g/mol. The number of carbonyl (C=O) groups is 1.